The molecule has 4 heteroatoms. The molecule has 3 rings (SSSR count). The van der Waals surface area contributed by atoms with Gasteiger partial charge >= 0.3 is 0 Å². The molecule has 2 N–H and O–H groups in total. The van der Waals surface area contributed by atoms with E-state index in [-0.39, 0.29) is 6.04 Å². The van der Waals surface area contributed by atoms with E-state index in [4.69, 9.17) is 10.5 Å². The first-order chi connectivity index (χ1) is 9.34. The Kier molecular flexibility index (Phi) is 3.71. The summed E-state index contributed by atoms with van der Waals surface area (Å²) in [6, 6.07) is 6.03. The standard InChI is InChI=1S/C15H19N3O/c16-13(7-6-11-3-2-10-19-11)12-4-1-5-14-15(12)18-9-8-17-14/h1,4-5,8-9,11,13H,2-3,6-7,10,16H2. The molecule has 2 unspecified atom stereocenters. The van der Waals surface area contributed by atoms with Gasteiger partial charge in [-0.2, -0.15) is 0 Å². The molecule has 1 aromatic carbocycles. The number of para-hydroxylation sites is 1. The van der Waals surface area contributed by atoms with Crippen LogP contribution in [0.3, 0.4) is 0 Å². The van der Waals surface area contributed by atoms with Gasteiger partial charge < -0.3 is 10.5 Å². The number of hydrogen-bond acceptors (Lipinski definition) is 4. The molecule has 0 amide bonds. The van der Waals surface area contributed by atoms with Gasteiger partial charge in [-0.15, -0.1) is 0 Å². The number of nitrogens with zero attached hydrogens (tertiary/aromatic N) is 2. The van der Waals surface area contributed by atoms with Gasteiger partial charge in [0.25, 0.3) is 0 Å². The van der Waals surface area contributed by atoms with Gasteiger partial charge in [0.1, 0.15) is 0 Å². The lowest BCUT2D eigenvalue weighted by Crippen LogP contribution is -2.15. The number of nitrogens with two attached hydrogens (primary N) is 1. The average Bonchev–Trinajstić information content (AvgIpc) is 2.97. The SMILES string of the molecule is NC(CCC1CCCO1)c1cccc2nccnc12. The fourth-order valence-electron chi connectivity index (χ4n) is 2.71. The lowest BCUT2D eigenvalue weighted by atomic mass is 9.99. The van der Waals surface area contributed by atoms with Crippen LogP contribution in [-0.2, 0) is 4.74 Å². The summed E-state index contributed by atoms with van der Waals surface area (Å²) in [5.41, 5.74) is 9.23. The van der Waals surface area contributed by atoms with Crippen LogP contribution in [0.5, 0.6) is 0 Å². The van der Waals surface area contributed by atoms with Gasteiger partial charge in [-0.25, -0.2) is 0 Å². The summed E-state index contributed by atoms with van der Waals surface area (Å²) in [6.45, 7) is 0.902. The lowest BCUT2D eigenvalue weighted by molar-refractivity contribution is 0.101. The molecule has 1 aromatic heterocycles. The predicted octanol–water partition coefficient (Wildman–Crippen LogP) is 2.59. The third kappa shape index (κ3) is 2.74. The molecule has 1 aliphatic rings. The van der Waals surface area contributed by atoms with E-state index in [9.17, 15) is 0 Å². The van der Waals surface area contributed by atoms with Crippen LogP contribution in [0.2, 0.25) is 0 Å². The van der Waals surface area contributed by atoms with Gasteiger partial charge in [0.05, 0.1) is 17.1 Å². The molecule has 1 fully saturated rings. The van der Waals surface area contributed by atoms with E-state index in [1.807, 2.05) is 12.1 Å². The van der Waals surface area contributed by atoms with Crippen LogP contribution in [0.15, 0.2) is 30.6 Å². The maximum atomic E-state index is 6.32. The zero-order valence-corrected chi connectivity index (χ0v) is 11.0. The van der Waals surface area contributed by atoms with Crippen molar-refractivity contribution in [1.29, 1.82) is 0 Å². The van der Waals surface area contributed by atoms with Crippen LogP contribution in [0.25, 0.3) is 11.0 Å². The summed E-state index contributed by atoms with van der Waals surface area (Å²) in [5.74, 6) is 0. The largest absolute Gasteiger partial charge is 0.378 e. The van der Waals surface area contributed by atoms with E-state index in [1.54, 1.807) is 12.4 Å². The number of fused-ring (bicyclic) bond motifs is 1. The minimum atomic E-state index is 0.00426. The summed E-state index contributed by atoms with van der Waals surface area (Å²) in [7, 11) is 0. The molecular weight excluding hydrogens is 238 g/mol. The Morgan fingerprint density at radius 3 is 3.05 bits per heavy atom. The minimum absolute atomic E-state index is 0.00426. The van der Waals surface area contributed by atoms with Gasteiger partial charge in [0.15, 0.2) is 0 Å². The van der Waals surface area contributed by atoms with Gasteiger partial charge in [-0.05, 0) is 37.3 Å². The van der Waals surface area contributed by atoms with E-state index in [2.05, 4.69) is 16.0 Å². The molecule has 4 nitrogen and oxygen atoms in total. The number of ether oxygens (including phenoxy) is 1. The van der Waals surface area contributed by atoms with Gasteiger partial charge in [0.2, 0.25) is 0 Å². The zero-order valence-electron chi connectivity index (χ0n) is 11.0. The third-order valence-electron chi connectivity index (χ3n) is 3.75. The molecule has 1 aliphatic heterocycles. The maximum Gasteiger partial charge on any atom is 0.0934 e. The summed E-state index contributed by atoms with van der Waals surface area (Å²) in [4.78, 5) is 8.73. The van der Waals surface area contributed by atoms with Crippen LogP contribution in [0.1, 0.15) is 37.3 Å². The Morgan fingerprint density at radius 1 is 1.32 bits per heavy atom. The van der Waals surface area contributed by atoms with Crippen molar-refractivity contribution in [2.75, 3.05) is 6.61 Å². The molecule has 19 heavy (non-hydrogen) atoms. The fourth-order valence-corrected chi connectivity index (χ4v) is 2.71. The Morgan fingerprint density at radius 2 is 2.21 bits per heavy atom. The molecule has 0 saturated carbocycles. The highest BCUT2D eigenvalue weighted by atomic mass is 16.5. The summed E-state index contributed by atoms with van der Waals surface area (Å²) >= 11 is 0. The number of rotatable bonds is 4. The van der Waals surface area contributed by atoms with Crippen LogP contribution in [0, 0.1) is 0 Å². The first kappa shape index (κ1) is 12.5. The fraction of sp³-hybridized carbons (Fsp3) is 0.467. The van der Waals surface area contributed by atoms with E-state index in [0.29, 0.717) is 6.10 Å². The van der Waals surface area contributed by atoms with E-state index < -0.39 is 0 Å². The Bertz CT molecular complexity index is 547. The van der Waals surface area contributed by atoms with Crippen molar-refractivity contribution >= 4 is 11.0 Å². The van der Waals surface area contributed by atoms with Crippen molar-refractivity contribution < 1.29 is 4.74 Å². The van der Waals surface area contributed by atoms with Crippen molar-refractivity contribution in [2.24, 2.45) is 5.73 Å². The molecular formula is C15H19N3O. The normalized spacial score (nSPS) is 20.8. The summed E-state index contributed by atoms with van der Waals surface area (Å²) in [5, 5.41) is 0. The molecule has 2 atom stereocenters. The smallest absolute Gasteiger partial charge is 0.0934 e. The highest BCUT2D eigenvalue weighted by Crippen LogP contribution is 2.25. The minimum Gasteiger partial charge on any atom is -0.378 e. The van der Waals surface area contributed by atoms with Crippen LogP contribution in [0.4, 0.5) is 0 Å². The molecule has 2 heterocycles. The van der Waals surface area contributed by atoms with Gasteiger partial charge in [0, 0.05) is 25.0 Å². The second kappa shape index (κ2) is 5.63. The third-order valence-corrected chi connectivity index (χ3v) is 3.75. The molecule has 2 aromatic rings. The van der Waals surface area contributed by atoms with E-state index >= 15 is 0 Å². The predicted molar refractivity (Wildman–Crippen MR) is 74.7 cm³/mol. The van der Waals surface area contributed by atoms with Crippen LogP contribution >= 0.6 is 0 Å². The van der Waals surface area contributed by atoms with Crippen molar-refractivity contribution in [3.05, 3.63) is 36.2 Å². The Labute approximate surface area is 113 Å². The monoisotopic (exact) mass is 257 g/mol. The second-order valence-corrected chi connectivity index (χ2v) is 5.09. The molecule has 0 bridgehead atoms. The van der Waals surface area contributed by atoms with Crippen molar-refractivity contribution in [3.63, 3.8) is 0 Å². The number of benzene rings is 1. The van der Waals surface area contributed by atoms with Crippen molar-refractivity contribution in [2.45, 2.75) is 37.8 Å². The second-order valence-electron chi connectivity index (χ2n) is 5.09. The molecule has 100 valence electrons. The van der Waals surface area contributed by atoms with Crippen molar-refractivity contribution in [3.8, 4) is 0 Å². The molecule has 1 saturated heterocycles. The zero-order chi connectivity index (χ0) is 13.1. The summed E-state index contributed by atoms with van der Waals surface area (Å²) < 4.78 is 5.64. The maximum absolute atomic E-state index is 6.32. The first-order valence-corrected chi connectivity index (χ1v) is 6.91. The lowest BCUT2D eigenvalue weighted by Gasteiger charge is -2.16. The Balaban J connectivity index is 1.75. The quantitative estimate of drug-likeness (QED) is 0.914. The van der Waals surface area contributed by atoms with Crippen LogP contribution in [-0.4, -0.2) is 22.7 Å². The Hall–Kier alpha value is -1.52. The van der Waals surface area contributed by atoms with Gasteiger partial charge in [-0.1, -0.05) is 12.1 Å². The van der Waals surface area contributed by atoms with Crippen LogP contribution < -0.4 is 5.73 Å². The first-order valence-electron chi connectivity index (χ1n) is 6.91. The average molecular weight is 257 g/mol. The van der Waals surface area contributed by atoms with E-state index in [0.717, 1.165) is 36.0 Å². The topological polar surface area (TPSA) is 61.0 Å². The highest BCUT2D eigenvalue weighted by Gasteiger charge is 2.18. The molecule has 0 radical (unpaired) electrons. The molecule has 0 aliphatic carbocycles. The molecule has 0 spiro atoms. The summed E-state index contributed by atoms with van der Waals surface area (Å²) in [6.07, 6.45) is 8.13. The number of aromatic nitrogens is 2. The van der Waals surface area contributed by atoms with Gasteiger partial charge in [-0.3, -0.25) is 9.97 Å². The highest BCUT2D eigenvalue weighted by molar-refractivity contribution is 5.77. The number of hydrogen-bond donors (Lipinski definition) is 1. The van der Waals surface area contributed by atoms with Crippen molar-refractivity contribution in [1.82, 2.24) is 9.97 Å². The van der Waals surface area contributed by atoms with E-state index in [1.165, 1.54) is 12.8 Å².